The largest absolute Gasteiger partial charge is 0.393 e. The van der Waals surface area contributed by atoms with Crippen LogP contribution >= 0.6 is 0 Å². The Morgan fingerprint density at radius 2 is 1.80 bits per heavy atom. The van der Waals surface area contributed by atoms with Gasteiger partial charge in [0.25, 0.3) is 0 Å². The van der Waals surface area contributed by atoms with Crippen LogP contribution in [0.15, 0.2) is 0 Å². The number of hydrogen-bond donors (Lipinski definition) is 3. The number of nitrogens with one attached hydrogen (secondary N) is 1. The molecule has 0 radical (unpaired) electrons. The van der Waals surface area contributed by atoms with Gasteiger partial charge < -0.3 is 15.1 Å². The van der Waals surface area contributed by atoms with Crippen LogP contribution in [0.25, 0.3) is 0 Å². The Bertz CT molecular complexity index is 513. The van der Waals surface area contributed by atoms with Gasteiger partial charge in [0.2, 0.25) is 0 Å². The molecular weight excluding hydrogens is 314 g/mol. The van der Waals surface area contributed by atoms with Crippen molar-refractivity contribution in [2.24, 2.45) is 34.5 Å². The third kappa shape index (κ3) is 2.47. The zero-order valence-corrected chi connectivity index (χ0v) is 16.3. The molecule has 8 atom stereocenters. The molecule has 0 heterocycles. The van der Waals surface area contributed by atoms with Gasteiger partial charge in [-0.3, -0.25) is 0 Å². The zero-order chi connectivity index (χ0) is 17.9. The predicted octanol–water partition coefficient (Wildman–Crippen LogP) is 3.27. The van der Waals surface area contributed by atoms with Crippen LogP contribution < -0.4 is 5.48 Å². The van der Waals surface area contributed by atoms with Crippen LogP contribution in [-0.4, -0.2) is 35.6 Å². The molecule has 25 heavy (non-hydrogen) atoms. The smallest absolute Gasteiger partial charge is 0.0735 e. The van der Waals surface area contributed by atoms with E-state index in [-0.39, 0.29) is 11.5 Å². The SMILES string of the molecule is CONC[C@H]1CC[C@]2(O)[C@@H]3CC[C@@H]4C[C@@H](O)CC[C@]4(C)[C@H]3CC[C@]12C. The summed E-state index contributed by atoms with van der Waals surface area (Å²) >= 11 is 0. The molecule has 3 N–H and O–H groups in total. The van der Waals surface area contributed by atoms with Crippen molar-refractivity contribution in [2.45, 2.75) is 83.3 Å². The van der Waals surface area contributed by atoms with Crippen molar-refractivity contribution in [3.05, 3.63) is 0 Å². The highest BCUT2D eigenvalue weighted by Gasteiger charge is 2.66. The van der Waals surface area contributed by atoms with Crippen LogP contribution in [0.2, 0.25) is 0 Å². The molecule has 144 valence electrons. The van der Waals surface area contributed by atoms with Crippen LogP contribution in [-0.2, 0) is 4.84 Å². The Balaban J connectivity index is 1.60. The Hall–Kier alpha value is -0.160. The van der Waals surface area contributed by atoms with Gasteiger partial charge in [0.1, 0.15) is 0 Å². The van der Waals surface area contributed by atoms with E-state index in [4.69, 9.17) is 4.84 Å². The summed E-state index contributed by atoms with van der Waals surface area (Å²) in [4.78, 5) is 5.11. The normalized spacial score (nSPS) is 55.3. The van der Waals surface area contributed by atoms with Crippen LogP contribution in [0.1, 0.15) is 71.6 Å². The average molecular weight is 352 g/mol. The van der Waals surface area contributed by atoms with E-state index >= 15 is 0 Å². The molecule has 0 saturated heterocycles. The predicted molar refractivity (Wildman–Crippen MR) is 97.7 cm³/mol. The Morgan fingerprint density at radius 3 is 2.56 bits per heavy atom. The fourth-order valence-corrected chi connectivity index (χ4v) is 7.82. The molecule has 0 spiro atoms. The fourth-order valence-electron chi connectivity index (χ4n) is 7.82. The summed E-state index contributed by atoms with van der Waals surface area (Å²) in [6, 6.07) is 0. The molecule has 4 saturated carbocycles. The van der Waals surface area contributed by atoms with Crippen LogP contribution in [0.3, 0.4) is 0 Å². The van der Waals surface area contributed by atoms with Crippen LogP contribution in [0.5, 0.6) is 0 Å². The summed E-state index contributed by atoms with van der Waals surface area (Å²) in [6.45, 7) is 5.67. The van der Waals surface area contributed by atoms with E-state index in [2.05, 4.69) is 19.3 Å². The minimum atomic E-state index is -0.514. The van der Waals surface area contributed by atoms with Gasteiger partial charge in [-0.05, 0) is 86.9 Å². The Labute approximate surface area is 152 Å². The number of hydrogen-bond acceptors (Lipinski definition) is 4. The lowest BCUT2D eigenvalue weighted by Gasteiger charge is -2.63. The van der Waals surface area contributed by atoms with Gasteiger partial charge in [-0.2, -0.15) is 0 Å². The van der Waals surface area contributed by atoms with E-state index in [0.29, 0.717) is 29.1 Å². The lowest BCUT2D eigenvalue weighted by atomic mass is 9.43. The van der Waals surface area contributed by atoms with Gasteiger partial charge in [0.15, 0.2) is 0 Å². The van der Waals surface area contributed by atoms with Crippen molar-refractivity contribution >= 4 is 0 Å². The van der Waals surface area contributed by atoms with Crippen molar-refractivity contribution in [3.63, 3.8) is 0 Å². The van der Waals surface area contributed by atoms with Gasteiger partial charge in [0, 0.05) is 12.0 Å². The van der Waals surface area contributed by atoms with Crippen molar-refractivity contribution in [1.29, 1.82) is 0 Å². The summed E-state index contributed by atoms with van der Waals surface area (Å²) in [5.41, 5.74) is 2.88. The second kappa shape index (κ2) is 6.19. The fraction of sp³-hybridized carbons (Fsp3) is 1.00. The highest BCUT2D eigenvalue weighted by molar-refractivity contribution is 5.16. The molecule has 4 rings (SSSR count). The lowest BCUT2D eigenvalue weighted by molar-refractivity contribution is -0.210. The van der Waals surface area contributed by atoms with Gasteiger partial charge >= 0.3 is 0 Å². The van der Waals surface area contributed by atoms with E-state index in [1.165, 1.54) is 12.8 Å². The molecule has 0 amide bonds. The average Bonchev–Trinajstić information content (AvgIpc) is 2.85. The van der Waals surface area contributed by atoms with Crippen LogP contribution in [0, 0.1) is 34.5 Å². The highest BCUT2D eigenvalue weighted by Crippen LogP contribution is 2.68. The quantitative estimate of drug-likeness (QED) is 0.683. The van der Waals surface area contributed by atoms with E-state index in [0.717, 1.165) is 51.5 Å². The number of rotatable bonds is 3. The van der Waals surface area contributed by atoms with Gasteiger partial charge in [-0.25, -0.2) is 5.48 Å². The molecular formula is C21H37NO3. The first kappa shape index (κ1) is 18.2. The molecule has 0 aromatic heterocycles. The molecule has 0 aromatic rings. The number of aliphatic hydroxyl groups excluding tert-OH is 1. The molecule has 4 fully saturated rings. The maximum Gasteiger partial charge on any atom is 0.0735 e. The minimum absolute atomic E-state index is 0.0110. The van der Waals surface area contributed by atoms with E-state index < -0.39 is 5.60 Å². The molecule has 0 aliphatic heterocycles. The third-order valence-corrected chi connectivity index (χ3v) is 9.49. The van der Waals surface area contributed by atoms with Crippen molar-refractivity contribution in [3.8, 4) is 0 Å². The highest BCUT2D eigenvalue weighted by atomic mass is 16.6. The van der Waals surface area contributed by atoms with Gasteiger partial charge in [-0.1, -0.05) is 13.8 Å². The van der Waals surface area contributed by atoms with Crippen molar-refractivity contribution in [1.82, 2.24) is 5.48 Å². The maximum atomic E-state index is 12.0. The first-order chi connectivity index (χ1) is 11.8. The standard InChI is InChI=1S/C21H37NO3/c1-19-9-7-16(23)12-14(19)4-5-18-17(19)8-10-20(2)15(13-22-25-3)6-11-21(18,20)24/h14-18,22-24H,4-13H2,1-3H3/t14-,15-,16+,17+,18-,19+,20-,21+/m1/s1. The van der Waals surface area contributed by atoms with Gasteiger partial charge in [-0.15, -0.1) is 0 Å². The summed E-state index contributed by atoms with van der Waals surface area (Å²) in [7, 11) is 1.68. The Morgan fingerprint density at radius 1 is 1.00 bits per heavy atom. The number of aliphatic hydroxyl groups is 2. The molecule has 4 aliphatic rings. The van der Waals surface area contributed by atoms with E-state index in [1.54, 1.807) is 7.11 Å². The molecule has 4 aliphatic carbocycles. The lowest BCUT2D eigenvalue weighted by Crippen LogP contribution is -2.62. The number of fused-ring (bicyclic) bond motifs is 5. The number of hydroxylamine groups is 1. The zero-order valence-electron chi connectivity index (χ0n) is 16.3. The first-order valence-corrected chi connectivity index (χ1v) is 10.5. The van der Waals surface area contributed by atoms with Gasteiger partial charge in [0.05, 0.1) is 18.8 Å². The summed E-state index contributed by atoms with van der Waals surface area (Å²) in [5.74, 6) is 2.22. The molecule has 0 unspecified atom stereocenters. The molecule has 4 nitrogen and oxygen atoms in total. The molecule has 0 bridgehead atoms. The summed E-state index contributed by atoms with van der Waals surface area (Å²) < 4.78 is 0. The second-order valence-corrected chi connectivity index (χ2v) is 10.1. The minimum Gasteiger partial charge on any atom is -0.393 e. The summed E-state index contributed by atoms with van der Waals surface area (Å²) in [6.07, 6.45) is 9.74. The molecule has 0 aromatic carbocycles. The third-order valence-electron chi connectivity index (χ3n) is 9.49. The topological polar surface area (TPSA) is 61.7 Å². The second-order valence-electron chi connectivity index (χ2n) is 10.1. The maximum absolute atomic E-state index is 12.0. The first-order valence-electron chi connectivity index (χ1n) is 10.5. The van der Waals surface area contributed by atoms with E-state index in [1.807, 2.05) is 0 Å². The van der Waals surface area contributed by atoms with Crippen LogP contribution in [0.4, 0.5) is 0 Å². The van der Waals surface area contributed by atoms with Crippen molar-refractivity contribution < 1.29 is 15.1 Å². The van der Waals surface area contributed by atoms with Crippen molar-refractivity contribution in [2.75, 3.05) is 13.7 Å². The van der Waals surface area contributed by atoms with E-state index in [9.17, 15) is 10.2 Å². The molecule has 4 heteroatoms. The monoisotopic (exact) mass is 351 g/mol. The summed E-state index contributed by atoms with van der Waals surface area (Å²) in [5, 5.41) is 22.1. The Kier molecular flexibility index (Phi) is 4.51.